The summed E-state index contributed by atoms with van der Waals surface area (Å²) < 4.78 is 0. The van der Waals surface area contributed by atoms with E-state index in [1.807, 2.05) is 47.9 Å². The molecule has 3 rings (SSSR count). The van der Waals surface area contributed by atoms with E-state index in [0.29, 0.717) is 30.0 Å². The number of nitrogens with zero attached hydrogens (tertiary/aromatic N) is 4. The van der Waals surface area contributed by atoms with Crippen LogP contribution in [-0.4, -0.2) is 31.7 Å². The molecular weight excluding hydrogens is 354 g/mol. The standard InChI is InChI=1S/C17H18ClN7O/c18-13-6-4-12(5-7-13)11-21-16-22-15(23-17(24-16)25-26)20-10-8-14-3-1-2-9-19-14/h1-7,9,26H,8,10-11H2,(H3,20,21,22,23,24,25). The zero-order valence-corrected chi connectivity index (χ0v) is 14.6. The molecule has 0 bridgehead atoms. The normalized spacial score (nSPS) is 10.4. The quantitative estimate of drug-likeness (QED) is 0.447. The van der Waals surface area contributed by atoms with Crippen molar-refractivity contribution in [2.45, 2.75) is 13.0 Å². The highest BCUT2D eigenvalue weighted by atomic mass is 35.5. The Morgan fingerprint density at radius 3 is 2.31 bits per heavy atom. The Kier molecular flexibility index (Phi) is 6.13. The smallest absolute Gasteiger partial charge is 0.253 e. The van der Waals surface area contributed by atoms with Crippen LogP contribution in [0.3, 0.4) is 0 Å². The Morgan fingerprint density at radius 2 is 1.62 bits per heavy atom. The van der Waals surface area contributed by atoms with E-state index in [9.17, 15) is 0 Å². The molecule has 0 aliphatic carbocycles. The molecule has 26 heavy (non-hydrogen) atoms. The van der Waals surface area contributed by atoms with E-state index in [1.54, 1.807) is 6.20 Å². The molecule has 0 aliphatic rings. The number of anilines is 3. The second-order valence-electron chi connectivity index (χ2n) is 5.40. The average Bonchev–Trinajstić information content (AvgIpc) is 2.68. The highest BCUT2D eigenvalue weighted by Gasteiger charge is 2.06. The van der Waals surface area contributed by atoms with Crippen LogP contribution < -0.4 is 16.1 Å². The van der Waals surface area contributed by atoms with Gasteiger partial charge in [0, 0.05) is 36.4 Å². The van der Waals surface area contributed by atoms with E-state index in [-0.39, 0.29) is 5.95 Å². The first-order valence-corrected chi connectivity index (χ1v) is 8.39. The van der Waals surface area contributed by atoms with Crippen molar-refractivity contribution in [1.82, 2.24) is 19.9 Å². The lowest BCUT2D eigenvalue weighted by atomic mass is 10.2. The van der Waals surface area contributed by atoms with Gasteiger partial charge in [0.15, 0.2) is 0 Å². The Bertz CT molecular complexity index is 830. The lowest BCUT2D eigenvalue weighted by Gasteiger charge is -2.10. The van der Waals surface area contributed by atoms with Gasteiger partial charge in [0.25, 0.3) is 5.95 Å². The van der Waals surface area contributed by atoms with Gasteiger partial charge >= 0.3 is 0 Å². The maximum absolute atomic E-state index is 9.12. The third kappa shape index (κ3) is 5.27. The largest absolute Gasteiger partial charge is 0.354 e. The van der Waals surface area contributed by atoms with Crippen molar-refractivity contribution < 1.29 is 5.21 Å². The Balaban J connectivity index is 1.61. The van der Waals surface area contributed by atoms with Crippen LogP contribution in [0.4, 0.5) is 17.8 Å². The summed E-state index contributed by atoms with van der Waals surface area (Å²) in [5, 5.41) is 16.0. The third-order valence-corrected chi connectivity index (χ3v) is 3.74. The van der Waals surface area contributed by atoms with Crippen molar-refractivity contribution >= 4 is 29.4 Å². The third-order valence-electron chi connectivity index (χ3n) is 3.49. The van der Waals surface area contributed by atoms with Gasteiger partial charge in [0.1, 0.15) is 0 Å². The predicted molar refractivity (Wildman–Crippen MR) is 100 cm³/mol. The monoisotopic (exact) mass is 371 g/mol. The van der Waals surface area contributed by atoms with Gasteiger partial charge in [-0.1, -0.05) is 29.8 Å². The highest BCUT2D eigenvalue weighted by Crippen LogP contribution is 2.13. The average molecular weight is 372 g/mol. The number of halogens is 1. The van der Waals surface area contributed by atoms with E-state index in [0.717, 1.165) is 17.7 Å². The first kappa shape index (κ1) is 17.8. The lowest BCUT2D eigenvalue weighted by molar-refractivity contribution is 0.382. The topological polar surface area (TPSA) is 108 Å². The fraction of sp³-hybridized carbons (Fsp3) is 0.176. The van der Waals surface area contributed by atoms with Gasteiger partial charge in [-0.05, 0) is 29.8 Å². The molecule has 0 aliphatic heterocycles. The molecule has 4 N–H and O–H groups in total. The van der Waals surface area contributed by atoms with Gasteiger partial charge in [-0.15, -0.1) is 0 Å². The van der Waals surface area contributed by atoms with E-state index in [2.05, 4.69) is 30.6 Å². The maximum atomic E-state index is 9.12. The van der Waals surface area contributed by atoms with E-state index in [1.165, 1.54) is 0 Å². The van der Waals surface area contributed by atoms with E-state index < -0.39 is 0 Å². The minimum Gasteiger partial charge on any atom is -0.354 e. The minimum atomic E-state index is 0.0546. The Labute approximate surface area is 155 Å². The lowest BCUT2D eigenvalue weighted by Crippen LogP contribution is -2.13. The highest BCUT2D eigenvalue weighted by molar-refractivity contribution is 6.30. The van der Waals surface area contributed by atoms with Crippen LogP contribution in [0.15, 0.2) is 48.7 Å². The molecule has 0 amide bonds. The molecule has 2 aromatic heterocycles. The molecule has 3 aromatic rings. The van der Waals surface area contributed by atoms with Crippen LogP contribution in [0.5, 0.6) is 0 Å². The number of hydrogen-bond donors (Lipinski definition) is 4. The summed E-state index contributed by atoms with van der Waals surface area (Å²) in [7, 11) is 0. The summed E-state index contributed by atoms with van der Waals surface area (Å²) in [4.78, 5) is 16.7. The summed E-state index contributed by atoms with van der Waals surface area (Å²) in [6.07, 6.45) is 2.48. The van der Waals surface area contributed by atoms with Crippen molar-refractivity contribution in [1.29, 1.82) is 0 Å². The van der Waals surface area contributed by atoms with Gasteiger partial charge in [0.05, 0.1) is 0 Å². The number of pyridine rings is 1. The molecule has 0 radical (unpaired) electrons. The van der Waals surface area contributed by atoms with Crippen LogP contribution in [0.2, 0.25) is 5.02 Å². The van der Waals surface area contributed by atoms with Crippen molar-refractivity contribution in [2.24, 2.45) is 0 Å². The summed E-state index contributed by atoms with van der Waals surface area (Å²) in [5.41, 5.74) is 3.94. The van der Waals surface area contributed by atoms with Crippen LogP contribution in [0.1, 0.15) is 11.3 Å². The molecule has 0 fully saturated rings. The molecule has 0 unspecified atom stereocenters. The van der Waals surface area contributed by atoms with Crippen molar-refractivity contribution in [3.63, 3.8) is 0 Å². The number of hydrogen-bond acceptors (Lipinski definition) is 8. The molecule has 0 spiro atoms. The van der Waals surface area contributed by atoms with Crippen molar-refractivity contribution in [3.05, 3.63) is 64.9 Å². The van der Waals surface area contributed by atoms with Crippen LogP contribution in [0, 0.1) is 0 Å². The summed E-state index contributed by atoms with van der Waals surface area (Å²) in [5.74, 6) is 0.747. The van der Waals surface area contributed by atoms with Crippen LogP contribution >= 0.6 is 11.6 Å². The zero-order chi connectivity index (χ0) is 18.2. The van der Waals surface area contributed by atoms with Crippen molar-refractivity contribution in [2.75, 3.05) is 22.7 Å². The predicted octanol–water partition coefficient (Wildman–Crippen LogP) is 2.99. The first-order chi connectivity index (χ1) is 12.7. The van der Waals surface area contributed by atoms with E-state index in [4.69, 9.17) is 16.8 Å². The minimum absolute atomic E-state index is 0.0546. The fourth-order valence-corrected chi connectivity index (χ4v) is 2.34. The maximum Gasteiger partial charge on any atom is 0.253 e. The second-order valence-corrected chi connectivity index (χ2v) is 5.83. The van der Waals surface area contributed by atoms with E-state index >= 15 is 0 Å². The summed E-state index contributed by atoms with van der Waals surface area (Å²) >= 11 is 5.88. The van der Waals surface area contributed by atoms with Gasteiger partial charge in [-0.3, -0.25) is 10.2 Å². The molecule has 0 saturated heterocycles. The summed E-state index contributed by atoms with van der Waals surface area (Å²) in [6.45, 7) is 1.11. The second kappa shape index (κ2) is 8.93. The SMILES string of the molecule is ONc1nc(NCCc2ccccn2)nc(NCc2ccc(Cl)cc2)n1. The molecular formula is C17H18ClN7O. The Hall–Kier alpha value is -2.97. The van der Waals surface area contributed by atoms with Crippen molar-refractivity contribution in [3.8, 4) is 0 Å². The first-order valence-electron chi connectivity index (χ1n) is 8.01. The molecule has 0 saturated carbocycles. The number of rotatable bonds is 8. The van der Waals surface area contributed by atoms with Gasteiger partial charge in [-0.2, -0.15) is 15.0 Å². The summed E-state index contributed by atoms with van der Waals surface area (Å²) in [6, 6.07) is 13.2. The number of aromatic nitrogens is 4. The molecule has 134 valence electrons. The molecule has 0 atom stereocenters. The van der Waals surface area contributed by atoms with Gasteiger partial charge in [0.2, 0.25) is 11.9 Å². The molecule has 9 heteroatoms. The molecule has 1 aromatic carbocycles. The number of nitrogens with one attached hydrogen (secondary N) is 3. The zero-order valence-electron chi connectivity index (χ0n) is 13.9. The number of benzene rings is 1. The fourth-order valence-electron chi connectivity index (χ4n) is 2.22. The molecule has 2 heterocycles. The van der Waals surface area contributed by atoms with Crippen LogP contribution in [0.25, 0.3) is 0 Å². The van der Waals surface area contributed by atoms with Gasteiger partial charge < -0.3 is 10.6 Å². The molecule has 8 nitrogen and oxygen atoms in total. The van der Waals surface area contributed by atoms with Gasteiger partial charge in [-0.25, -0.2) is 5.48 Å². The Morgan fingerprint density at radius 1 is 0.885 bits per heavy atom. The van der Waals surface area contributed by atoms with Crippen LogP contribution in [-0.2, 0) is 13.0 Å².